The molecule has 0 aliphatic carbocycles. The van der Waals surface area contributed by atoms with Gasteiger partial charge in [0.15, 0.2) is 6.10 Å². The van der Waals surface area contributed by atoms with Gasteiger partial charge in [-0.1, -0.05) is 43.7 Å². The Bertz CT molecular complexity index is 676. The first-order valence-corrected chi connectivity index (χ1v) is 8.52. The summed E-state index contributed by atoms with van der Waals surface area (Å²) in [6.45, 7) is 1.85. The van der Waals surface area contributed by atoms with Gasteiger partial charge < -0.3 is 9.47 Å². The van der Waals surface area contributed by atoms with Gasteiger partial charge in [0.2, 0.25) is 0 Å². The third kappa shape index (κ3) is 3.85. The second kappa shape index (κ2) is 7.97. The molecule has 0 spiro atoms. The van der Waals surface area contributed by atoms with Gasteiger partial charge in [-0.15, -0.1) is 11.3 Å². The van der Waals surface area contributed by atoms with Crippen LogP contribution in [0.2, 0.25) is 0 Å². The molecule has 2 atom stereocenters. The van der Waals surface area contributed by atoms with Gasteiger partial charge in [-0.05, 0) is 6.42 Å². The van der Waals surface area contributed by atoms with Crippen molar-refractivity contribution in [2.45, 2.75) is 37.6 Å². The molecule has 0 unspecified atom stereocenters. The summed E-state index contributed by atoms with van der Waals surface area (Å²) in [6, 6.07) is 6.76. The van der Waals surface area contributed by atoms with Crippen LogP contribution < -0.4 is 0 Å². The van der Waals surface area contributed by atoms with Crippen molar-refractivity contribution in [3.8, 4) is 0 Å². The minimum absolute atomic E-state index is 0.329. The Kier molecular flexibility index (Phi) is 6.18. The number of carbonyl (C=O) groups is 1. The van der Waals surface area contributed by atoms with Gasteiger partial charge in [-0.3, -0.25) is 0 Å². The molecule has 2 aromatic rings. The second-order valence-corrected chi connectivity index (χ2v) is 6.23. The van der Waals surface area contributed by atoms with Crippen LogP contribution in [0.5, 0.6) is 0 Å². The lowest BCUT2D eigenvalue weighted by atomic mass is 9.92. The first-order chi connectivity index (χ1) is 11.9. The van der Waals surface area contributed by atoms with Gasteiger partial charge in [0.25, 0.3) is 5.60 Å². The summed E-state index contributed by atoms with van der Waals surface area (Å²) in [5.41, 5.74) is -3.51. The molecule has 2 rings (SSSR count). The van der Waals surface area contributed by atoms with Crippen LogP contribution in [-0.4, -0.2) is 24.2 Å². The third-order valence-electron chi connectivity index (χ3n) is 3.70. The van der Waals surface area contributed by atoms with E-state index in [9.17, 15) is 18.0 Å². The summed E-state index contributed by atoms with van der Waals surface area (Å²) in [6.07, 6.45) is -3.33. The van der Waals surface area contributed by atoms with Crippen molar-refractivity contribution in [3.05, 3.63) is 52.5 Å². The van der Waals surface area contributed by atoms with E-state index in [-0.39, 0.29) is 5.56 Å². The molecule has 0 aliphatic heterocycles. The molecule has 0 bridgehead atoms. The molecule has 25 heavy (non-hydrogen) atoms. The molecule has 0 radical (unpaired) electrons. The maximum absolute atomic E-state index is 13.9. The standard InChI is InChI=1S/C17H18F3NO3S/c1-3-7-13(14-21-10-11-25-14)24-15(22)16(23-2,17(18,19)20)12-8-5-4-6-9-12/h4-6,8-11,13H,3,7H2,1-2H3/t13-,16-/m0/s1. The van der Waals surface area contributed by atoms with Crippen molar-refractivity contribution in [2.75, 3.05) is 7.11 Å². The van der Waals surface area contributed by atoms with E-state index in [1.54, 1.807) is 11.4 Å². The van der Waals surface area contributed by atoms with Crippen LogP contribution in [0.25, 0.3) is 0 Å². The Labute approximate surface area is 147 Å². The van der Waals surface area contributed by atoms with E-state index in [4.69, 9.17) is 9.47 Å². The minimum atomic E-state index is -4.99. The number of benzene rings is 1. The lowest BCUT2D eigenvalue weighted by molar-refractivity contribution is -0.278. The van der Waals surface area contributed by atoms with Crippen molar-refractivity contribution in [3.63, 3.8) is 0 Å². The van der Waals surface area contributed by atoms with Crippen molar-refractivity contribution in [2.24, 2.45) is 0 Å². The number of methoxy groups -OCH3 is 1. The molecule has 136 valence electrons. The Balaban J connectivity index is 2.42. The highest BCUT2D eigenvalue weighted by Crippen LogP contribution is 2.44. The maximum Gasteiger partial charge on any atom is 0.432 e. The zero-order valence-electron chi connectivity index (χ0n) is 13.7. The van der Waals surface area contributed by atoms with Crippen molar-refractivity contribution < 1.29 is 27.4 Å². The normalized spacial score (nSPS) is 15.4. The number of halogens is 3. The summed E-state index contributed by atoms with van der Waals surface area (Å²) in [5.74, 6) is -1.50. The number of ether oxygens (including phenoxy) is 2. The fourth-order valence-electron chi connectivity index (χ4n) is 2.49. The predicted molar refractivity (Wildman–Crippen MR) is 87.0 cm³/mol. The monoisotopic (exact) mass is 373 g/mol. The van der Waals surface area contributed by atoms with E-state index in [0.29, 0.717) is 17.8 Å². The average molecular weight is 373 g/mol. The van der Waals surface area contributed by atoms with Gasteiger partial charge in [-0.2, -0.15) is 13.2 Å². The predicted octanol–water partition coefficient (Wildman–Crippen LogP) is 4.63. The Morgan fingerprint density at radius 3 is 2.44 bits per heavy atom. The van der Waals surface area contributed by atoms with Gasteiger partial charge in [-0.25, -0.2) is 9.78 Å². The molecular formula is C17H18F3NO3S. The molecule has 0 N–H and O–H groups in total. The highest BCUT2D eigenvalue weighted by atomic mass is 32.1. The number of hydrogen-bond acceptors (Lipinski definition) is 5. The first-order valence-electron chi connectivity index (χ1n) is 7.64. The summed E-state index contributed by atoms with van der Waals surface area (Å²) < 4.78 is 51.5. The van der Waals surface area contributed by atoms with Crippen LogP contribution in [0.3, 0.4) is 0 Å². The van der Waals surface area contributed by atoms with Gasteiger partial charge in [0.05, 0.1) is 0 Å². The molecule has 0 saturated heterocycles. The van der Waals surface area contributed by atoms with Crippen molar-refractivity contribution in [1.82, 2.24) is 4.98 Å². The maximum atomic E-state index is 13.9. The van der Waals surface area contributed by atoms with Crippen LogP contribution in [0, 0.1) is 0 Å². The number of aromatic nitrogens is 1. The molecule has 8 heteroatoms. The molecular weight excluding hydrogens is 355 g/mol. The zero-order chi connectivity index (χ0) is 18.5. The molecule has 0 amide bonds. The van der Waals surface area contributed by atoms with Gasteiger partial charge in [0, 0.05) is 24.3 Å². The smallest absolute Gasteiger partial charge is 0.432 e. The number of thiazole rings is 1. The Morgan fingerprint density at radius 1 is 1.28 bits per heavy atom. The van der Waals surface area contributed by atoms with E-state index in [1.165, 1.54) is 41.8 Å². The van der Waals surface area contributed by atoms with E-state index < -0.39 is 23.9 Å². The Hall–Kier alpha value is -1.93. The van der Waals surface area contributed by atoms with Crippen molar-refractivity contribution >= 4 is 17.3 Å². The molecule has 4 nitrogen and oxygen atoms in total. The summed E-state index contributed by atoms with van der Waals surface area (Å²) in [5, 5.41) is 2.13. The number of alkyl halides is 3. The fraction of sp³-hybridized carbons (Fsp3) is 0.412. The lowest BCUT2D eigenvalue weighted by Gasteiger charge is -2.33. The summed E-state index contributed by atoms with van der Waals surface area (Å²) in [7, 11) is 0.847. The number of rotatable bonds is 7. The van der Waals surface area contributed by atoms with Gasteiger partial charge >= 0.3 is 12.1 Å². The topological polar surface area (TPSA) is 48.4 Å². The molecule has 1 aromatic heterocycles. The van der Waals surface area contributed by atoms with Crippen LogP contribution in [0.4, 0.5) is 13.2 Å². The quantitative estimate of drug-likeness (QED) is 0.664. The zero-order valence-corrected chi connectivity index (χ0v) is 14.6. The van der Waals surface area contributed by atoms with E-state index in [0.717, 1.165) is 7.11 Å². The Morgan fingerprint density at radius 2 is 1.96 bits per heavy atom. The van der Waals surface area contributed by atoms with E-state index in [2.05, 4.69) is 4.98 Å². The highest BCUT2D eigenvalue weighted by Gasteiger charge is 2.64. The average Bonchev–Trinajstić information content (AvgIpc) is 3.09. The minimum Gasteiger partial charge on any atom is -0.452 e. The second-order valence-electron chi connectivity index (χ2n) is 5.30. The van der Waals surface area contributed by atoms with Crippen molar-refractivity contribution in [1.29, 1.82) is 0 Å². The van der Waals surface area contributed by atoms with Gasteiger partial charge in [0.1, 0.15) is 5.01 Å². The number of carbonyl (C=O) groups excluding carboxylic acids is 1. The summed E-state index contributed by atoms with van der Waals surface area (Å²) in [4.78, 5) is 16.7. The van der Waals surface area contributed by atoms with Crippen LogP contribution in [0.1, 0.15) is 36.4 Å². The van der Waals surface area contributed by atoms with E-state index in [1.807, 2.05) is 6.92 Å². The highest BCUT2D eigenvalue weighted by molar-refractivity contribution is 7.09. The fourth-order valence-corrected chi connectivity index (χ4v) is 3.19. The SMILES string of the molecule is CCC[C@H](OC(=O)[C@@](OC)(c1ccccc1)C(F)(F)F)c1nccs1. The molecule has 1 aromatic carbocycles. The first kappa shape index (κ1) is 19.4. The van der Waals surface area contributed by atoms with Crippen LogP contribution in [0.15, 0.2) is 41.9 Å². The molecule has 0 aliphatic rings. The van der Waals surface area contributed by atoms with Crippen LogP contribution in [-0.2, 0) is 19.9 Å². The number of nitrogens with zero attached hydrogens (tertiary/aromatic N) is 1. The lowest BCUT2D eigenvalue weighted by Crippen LogP contribution is -2.52. The van der Waals surface area contributed by atoms with E-state index >= 15 is 0 Å². The largest absolute Gasteiger partial charge is 0.452 e. The third-order valence-corrected chi connectivity index (χ3v) is 4.57. The molecule has 0 fully saturated rings. The summed E-state index contributed by atoms with van der Waals surface area (Å²) >= 11 is 1.22. The molecule has 1 heterocycles. The number of esters is 1. The molecule has 0 saturated carbocycles. The van der Waals surface area contributed by atoms with Crippen LogP contribution >= 0.6 is 11.3 Å². The number of hydrogen-bond donors (Lipinski definition) is 0.